The molecule has 0 aliphatic carbocycles. The first-order valence-electron chi connectivity index (χ1n) is 11.5. The first-order valence-corrected chi connectivity index (χ1v) is 11.9. The van der Waals surface area contributed by atoms with Crippen molar-refractivity contribution >= 4 is 17.5 Å². The summed E-state index contributed by atoms with van der Waals surface area (Å²) < 4.78 is 11.8. The van der Waals surface area contributed by atoms with Crippen molar-refractivity contribution in [2.24, 2.45) is 5.92 Å². The lowest BCUT2D eigenvalue weighted by atomic mass is 10.0. The van der Waals surface area contributed by atoms with Crippen LogP contribution in [0.2, 0.25) is 5.02 Å². The van der Waals surface area contributed by atoms with Crippen LogP contribution in [-0.2, 0) is 16.1 Å². The van der Waals surface area contributed by atoms with Crippen LogP contribution in [0.1, 0.15) is 43.9 Å². The van der Waals surface area contributed by atoms with E-state index in [1.807, 2.05) is 54.3 Å². The van der Waals surface area contributed by atoms with Crippen LogP contribution in [0.15, 0.2) is 48.5 Å². The Hall–Kier alpha value is -2.08. The minimum absolute atomic E-state index is 0.106. The summed E-state index contributed by atoms with van der Waals surface area (Å²) in [5, 5.41) is 0.710. The second kappa shape index (κ2) is 12.2. The molecule has 2 atom stereocenters. The van der Waals surface area contributed by atoms with Crippen molar-refractivity contribution in [3.63, 3.8) is 0 Å². The average Bonchev–Trinajstić information content (AvgIpc) is 2.82. The number of benzene rings is 2. The number of amides is 1. The van der Waals surface area contributed by atoms with Gasteiger partial charge < -0.3 is 14.4 Å². The molecule has 0 radical (unpaired) electrons. The largest absolute Gasteiger partial charge is 0.497 e. The lowest BCUT2D eigenvalue weighted by Crippen LogP contribution is -2.50. The number of hydrogen-bond donors (Lipinski definition) is 0. The SMILES string of the molecule is CCC[C@H](C)C(=O)N1CCN(C[C@@H](OCc2cccc(Cl)c2)c2cccc(OC)c2)CC1. The third kappa shape index (κ3) is 6.96. The Morgan fingerprint density at radius 3 is 2.53 bits per heavy atom. The highest BCUT2D eigenvalue weighted by molar-refractivity contribution is 6.30. The van der Waals surface area contributed by atoms with Crippen LogP contribution in [0.5, 0.6) is 5.75 Å². The van der Waals surface area contributed by atoms with E-state index in [1.165, 1.54) is 0 Å². The molecular formula is C26H35ClN2O3. The summed E-state index contributed by atoms with van der Waals surface area (Å²) in [4.78, 5) is 17.1. The monoisotopic (exact) mass is 458 g/mol. The number of rotatable bonds is 10. The summed E-state index contributed by atoms with van der Waals surface area (Å²) in [5.74, 6) is 1.21. The lowest BCUT2D eigenvalue weighted by Gasteiger charge is -2.37. The van der Waals surface area contributed by atoms with E-state index in [0.29, 0.717) is 11.6 Å². The highest BCUT2D eigenvalue weighted by atomic mass is 35.5. The number of carbonyl (C=O) groups is 1. The molecule has 0 spiro atoms. The normalized spacial score (nSPS) is 16.6. The van der Waals surface area contributed by atoms with Crippen LogP contribution in [0.3, 0.4) is 0 Å². The summed E-state index contributed by atoms with van der Waals surface area (Å²) in [6.45, 7) is 8.66. The molecular weight excluding hydrogens is 424 g/mol. The zero-order valence-electron chi connectivity index (χ0n) is 19.4. The second-order valence-corrected chi connectivity index (χ2v) is 8.96. The van der Waals surface area contributed by atoms with Crippen LogP contribution < -0.4 is 4.74 Å². The molecule has 5 nitrogen and oxygen atoms in total. The number of methoxy groups -OCH3 is 1. The topological polar surface area (TPSA) is 42.0 Å². The Morgan fingerprint density at radius 1 is 1.09 bits per heavy atom. The molecule has 1 aliphatic heterocycles. The van der Waals surface area contributed by atoms with E-state index in [4.69, 9.17) is 21.1 Å². The van der Waals surface area contributed by atoms with Gasteiger partial charge in [-0.25, -0.2) is 0 Å². The van der Waals surface area contributed by atoms with Crippen LogP contribution in [0.4, 0.5) is 0 Å². The van der Waals surface area contributed by atoms with Crippen molar-refractivity contribution in [1.82, 2.24) is 9.80 Å². The second-order valence-electron chi connectivity index (χ2n) is 8.52. The van der Waals surface area contributed by atoms with E-state index in [1.54, 1.807) is 7.11 Å². The first-order chi connectivity index (χ1) is 15.5. The smallest absolute Gasteiger partial charge is 0.225 e. The van der Waals surface area contributed by atoms with E-state index in [9.17, 15) is 4.79 Å². The summed E-state index contributed by atoms with van der Waals surface area (Å²) in [7, 11) is 1.68. The van der Waals surface area contributed by atoms with E-state index in [2.05, 4.69) is 17.9 Å². The molecule has 0 aromatic heterocycles. The molecule has 0 unspecified atom stereocenters. The van der Waals surface area contributed by atoms with E-state index >= 15 is 0 Å². The number of carbonyl (C=O) groups excluding carboxylic acids is 1. The third-order valence-corrected chi connectivity index (χ3v) is 6.29. The highest BCUT2D eigenvalue weighted by Crippen LogP contribution is 2.25. The molecule has 3 rings (SSSR count). The molecule has 2 aromatic rings. The molecule has 6 heteroatoms. The first kappa shape index (κ1) is 24.6. The van der Waals surface area contributed by atoms with E-state index in [0.717, 1.165) is 62.4 Å². The minimum atomic E-state index is -0.106. The molecule has 1 amide bonds. The number of ether oxygens (including phenoxy) is 2. The molecule has 1 saturated heterocycles. The molecule has 1 fully saturated rings. The molecule has 32 heavy (non-hydrogen) atoms. The summed E-state index contributed by atoms with van der Waals surface area (Å²) in [5.41, 5.74) is 2.13. The molecule has 0 saturated carbocycles. The fraction of sp³-hybridized carbons (Fsp3) is 0.500. The van der Waals surface area contributed by atoms with Gasteiger partial charge in [-0.2, -0.15) is 0 Å². The van der Waals surface area contributed by atoms with Crippen molar-refractivity contribution in [2.45, 2.75) is 39.4 Å². The van der Waals surface area contributed by atoms with Gasteiger partial charge in [0, 0.05) is 43.7 Å². The van der Waals surface area contributed by atoms with Crippen molar-refractivity contribution in [1.29, 1.82) is 0 Å². The van der Waals surface area contributed by atoms with Crippen molar-refractivity contribution in [2.75, 3.05) is 39.8 Å². The van der Waals surface area contributed by atoms with Crippen LogP contribution in [-0.4, -0.2) is 55.5 Å². The van der Waals surface area contributed by atoms with Crippen molar-refractivity contribution in [3.05, 3.63) is 64.7 Å². The zero-order chi connectivity index (χ0) is 22.9. The summed E-state index contributed by atoms with van der Waals surface area (Å²) >= 11 is 6.14. The van der Waals surface area contributed by atoms with Gasteiger partial charge in [-0.15, -0.1) is 0 Å². The van der Waals surface area contributed by atoms with Crippen LogP contribution in [0, 0.1) is 5.92 Å². The molecule has 1 aliphatic rings. The van der Waals surface area contributed by atoms with Crippen molar-refractivity contribution in [3.8, 4) is 5.75 Å². The standard InChI is InChI=1S/C26H35ClN2O3/c1-4-7-20(2)26(30)29-14-12-28(13-15-29)18-25(22-9-6-11-24(17-22)31-3)32-19-21-8-5-10-23(27)16-21/h5-6,8-11,16-17,20,25H,4,7,12-15,18-19H2,1-3H3/t20-,25+/m0/s1. The molecule has 0 bridgehead atoms. The number of nitrogens with zero attached hydrogens (tertiary/aromatic N) is 2. The highest BCUT2D eigenvalue weighted by Gasteiger charge is 2.26. The van der Waals surface area contributed by atoms with Gasteiger partial charge in [0.25, 0.3) is 0 Å². The fourth-order valence-corrected chi connectivity index (χ4v) is 4.39. The summed E-state index contributed by atoms with van der Waals surface area (Å²) in [6, 6.07) is 15.8. The van der Waals surface area contributed by atoms with Gasteiger partial charge in [0.15, 0.2) is 0 Å². The Bertz CT molecular complexity index is 868. The van der Waals surface area contributed by atoms with Gasteiger partial charge in [-0.1, -0.05) is 56.1 Å². The van der Waals surface area contributed by atoms with Gasteiger partial charge in [0.1, 0.15) is 5.75 Å². The predicted octanol–water partition coefficient (Wildman–Crippen LogP) is 5.19. The Kier molecular flexibility index (Phi) is 9.39. The predicted molar refractivity (Wildman–Crippen MR) is 129 cm³/mol. The van der Waals surface area contributed by atoms with Crippen molar-refractivity contribution < 1.29 is 14.3 Å². The molecule has 174 valence electrons. The number of hydrogen-bond acceptors (Lipinski definition) is 4. The van der Waals surface area contributed by atoms with E-state index < -0.39 is 0 Å². The Morgan fingerprint density at radius 2 is 1.84 bits per heavy atom. The Balaban J connectivity index is 1.64. The maximum Gasteiger partial charge on any atom is 0.225 e. The minimum Gasteiger partial charge on any atom is -0.497 e. The van der Waals surface area contributed by atoms with Crippen LogP contribution >= 0.6 is 11.6 Å². The van der Waals surface area contributed by atoms with Crippen LogP contribution in [0.25, 0.3) is 0 Å². The summed E-state index contributed by atoms with van der Waals surface area (Å²) in [6.07, 6.45) is 1.89. The maximum absolute atomic E-state index is 12.7. The molecule has 0 N–H and O–H groups in total. The quantitative estimate of drug-likeness (QED) is 0.491. The number of piperazine rings is 1. The zero-order valence-corrected chi connectivity index (χ0v) is 20.2. The van der Waals surface area contributed by atoms with Gasteiger partial charge in [0.2, 0.25) is 5.91 Å². The molecule has 1 heterocycles. The van der Waals surface area contributed by atoms with E-state index in [-0.39, 0.29) is 17.9 Å². The Labute approximate surface area is 197 Å². The van der Waals surface area contributed by atoms with Gasteiger partial charge in [-0.3, -0.25) is 9.69 Å². The average molecular weight is 459 g/mol. The van der Waals surface area contributed by atoms with Gasteiger partial charge >= 0.3 is 0 Å². The lowest BCUT2D eigenvalue weighted by molar-refractivity contribution is -0.137. The number of halogens is 1. The van der Waals surface area contributed by atoms with Gasteiger partial charge in [0.05, 0.1) is 19.8 Å². The molecule has 2 aromatic carbocycles. The fourth-order valence-electron chi connectivity index (χ4n) is 4.17. The third-order valence-electron chi connectivity index (χ3n) is 6.06. The van der Waals surface area contributed by atoms with Gasteiger partial charge in [-0.05, 0) is 41.8 Å². The maximum atomic E-state index is 12.7.